The van der Waals surface area contributed by atoms with Gasteiger partial charge in [0, 0.05) is 4.90 Å². The SMILES string of the molecule is Cc1ccc([S@](=O)c2ccccc2C2=N[C@@H](C(C)(C)C)CO2)cc1. The number of aryl methyl sites for hydroxylation is 1. The minimum absolute atomic E-state index is 0.0484. The highest BCUT2D eigenvalue weighted by Crippen LogP contribution is 2.29. The highest BCUT2D eigenvalue weighted by Gasteiger charge is 2.31. The van der Waals surface area contributed by atoms with Gasteiger partial charge in [0.05, 0.1) is 27.3 Å². The Kier molecular flexibility index (Phi) is 4.59. The van der Waals surface area contributed by atoms with Crippen LogP contribution >= 0.6 is 0 Å². The van der Waals surface area contributed by atoms with Crippen molar-refractivity contribution in [3.05, 3.63) is 59.7 Å². The van der Waals surface area contributed by atoms with Crippen LogP contribution in [0.15, 0.2) is 63.3 Å². The van der Waals surface area contributed by atoms with Gasteiger partial charge in [0.15, 0.2) is 0 Å². The summed E-state index contributed by atoms with van der Waals surface area (Å²) in [7, 11) is -1.26. The van der Waals surface area contributed by atoms with Crippen molar-refractivity contribution in [2.75, 3.05) is 6.61 Å². The summed E-state index contributed by atoms with van der Waals surface area (Å²) in [6.07, 6.45) is 0. The largest absolute Gasteiger partial charge is 0.475 e. The Balaban J connectivity index is 1.97. The van der Waals surface area contributed by atoms with E-state index in [2.05, 4.69) is 20.8 Å². The molecule has 0 spiro atoms. The van der Waals surface area contributed by atoms with E-state index < -0.39 is 10.8 Å². The second-order valence-corrected chi connectivity index (χ2v) is 8.65. The molecule has 0 aliphatic carbocycles. The summed E-state index contributed by atoms with van der Waals surface area (Å²) in [5.74, 6) is 0.603. The number of ether oxygens (including phenoxy) is 1. The van der Waals surface area contributed by atoms with Crippen LogP contribution in [0, 0.1) is 12.3 Å². The molecule has 0 amide bonds. The van der Waals surface area contributed by atoms with Crippen molar-refractivity contribution >= 4 is 16.7 Å². The van der Waals surface area contributed by atoms with Crippen LogP contribution in [0.1, 0.15) is 31.9 Å². The molecule has 0 radical (unpaired) electrons. The molecule has 0 N–H and O–H groups in total. The lowest BCUT2D eigenvalue weighted by molar-refractivity contribution is 0.235. The zero-order valence-electron chi connectivity index (χ0n) is 14.6. The van der Waals surface area contributed by atoms with Gasteiger partial charge in [-0.1, -0.05) is 50.6 Å². The molecule has 0 saturated carbocycles. The molecule has 1 aliphatic rings. The number of rotatable bonds is 3. The monoisotopic (exact) mass is 341 g/mol. The molecule has 0 aromatic heterocycles. The molecule has 0 fully saturated rings. The van der Waals surface area contributed by atoms with E-state index >= 15 is 0 Å². The van der Waals surface area contributed by atoms with Crippen molar-refractivity contribution in [3.63, 3.8) is 0 Å². The molecular formula is C20H23NO2S. The molecule has 1 heterocycles. The topological polar surface area (TPSA) is 38.7 Å². The van der Waals surface area contributed by atoms with Gasteiger partial charge in [-0.15, -0.1) is 0 Å². The molecule has 0 bridgehead atoms. The predicted octanol–water partition coefficient (Wildman–Crippen LogP) is 4.35. The molecule has 0 unspecified atom stereocenters. The van der Waals surface area contributed by atoms with Crippen LogP contribution in [0.4, 0.5) is 0 Å². The molecule has 0 saturated heterocycles. The molecule has 2 aromatic carbocycles. The van der Waals surface area contributed by atoms with Crippen LogP contribution in [0.5, 0.6) is 0 Å². The normalized spacial score (nSPS) is 18.8. The maximum absolute atomic E-state index is 13.0. The number of hydrogen-bond acceptors (Lipinski definition) is 3. The smallest absolute Gasteiger partial charge is 0.217 e. The molecule has 2 atom stereocenters. The number of benzene rings is 2. The molecule has 4 heteroatoms. The van der Waals surface area contributed by atoms with Gasteiger partial charge < -0.3 is 4.74 Å². The first-order chi connectivity index (χ1) is 11.4. The Labute approximate surface area is 146 Å². The van der Waals surface area contributed by atoms with Gasteiger partial charge in [-0.25, -0.2) is 9.20 Å². The molecule has 1 aliphatic heterocycles. The minimum Gasteiger partial charge on any atom is -0.475 e. The molecule has 24 heavy (non-hydrogen) atoms. The van der Waals surface area contributed by atoms with Gasteiger partial charge in [0.1, 0.15) is 6.61 Å². The van der Waals surface area contributed by atoms with Gasteiger partial charge in [-0.3, -0.25) is 0 Å². The van der Waals surface area contributed by atoms with Crippen LogP contribution in [0.25, 0.3) is 0 Å². The van der Waals surface area contributed by atoms with Crippen LogP contribution in [0.3, 0.4) is 0 Å². The summed E-state index contributed by atoms with van der Waals surface area (Å²) in [6.45, 7) is 9.07. The van der Waals surface area contributed by atoms with Gasteiger partial charge in [-0.2, -0.15) is 0 Å². The van der Waals surface area contributed by atoms with Crippen LogP contribution < -0.4 is 0 Å². The van der Waals surface area contributed by atoms with E-state index in [0.717, 1.165) is 20.9 Å². The summed E-state index contributed by atoms with van der Waals surface area (Å²) >= 11 is 0. The van der Waals surface area contributed by atoms with Crippen molar-refractivity contribution in [2.45, 2.75) is 43.5 Å². The zero-order valence-corrected chi connectivity index (χ0v) is 15.4. The Hall–Kier alpha value is -1.94. The van der Waals surface area contributed by atoms with E-state index in [1.807, 2.05) is 55.5 Å². The maximum atomic E-state index is 13.0. The fourth-order valence-electron chi connectivity index (χ4n) is 2.56. The third-order valence-corrected chi connectivity index (χ3v) is 5.66. The van der Waals surface area contributed by atoms with Crippen molar-refractivity contribution in [3.8, 4) is 0 Å². The molecule has 126 valence electrons. The van der Waals surface area contributed by atoms with E-state index in [9.17, 15) is 4.21 Å². The molecule has 3 nitrogen and oxygen atoms in total. The van der Waals surface area contributed by atoms with Gasteiger partial charge in [-0.05, 0) is 36.6 Å². The van der Waals surface area contributed by atoms with Crippen molar-refractivity contribution in [2.24, 2.45) is 10.4 Å². The summed E-state index contributed by atoms with van der Waals surface area (Å²) in [6, 6.07) is 15.6. The van der Waals surface area contributed by atoms with Crippen molar-refractivity contribution in [1.82, 2.24) is 0 Å². The number of hydrogen-bond donors (Lipinski definition) is 0. The summed E-state index contributed by atoms with van der Waals surface area (Å²) in [4.78, 5) is 6.28. The zero-order chi connectivity index (χ0) is 17.3. The molecule has 2 aromatic rings. The predicted molar refractivity (Wildman–Crippen MR) is 98.0 cm³/mol. The highest BCUT2D eigenvalue weighted by molar-refractivity contribution is 7.85. The third kappa shape index (κ3) is 3.44. The maximum Gasteiger partial charge on any atom is 0.217 e. The quantitative estimate of drug-likeness (QED) is 0.832. The lowest BCUT2D eigenvalue weighted by atomic mass is 9.88. The van der Waals surface area contributed by atoms with E-state index in [1.54, 1.807) is 0 Å². The van der Waals surface area contributed by atoms with E-state index in [-0.39, 0.29) is 11.5 Å². The molecular weight excluding hydrogens is 318 g/mol. The van der Waals surface area contributed by atoms with E-state index in [1.165, 1.54) is 0 Å². The van der Waals surface area contributed by atoms with E-state index in [0.29, 0.717) is 12.5 Å². The lowest BCUT2D eigenvalue weighted by Crippen LogP contribution is -2.25. The van der Waals surface area contributed by atoms with Crippen LogP contribution in [-0.4, -0.2) is 22.8 Å². The van der Waals surface area contributed by atoms with Crippen molar-refractivity contribution in [1.29, 1.82) is 0 Å². The van der Waals surface area contributed by atoms with E-state index in [4.69, 9.17) is 9.73 Å². The summed E-state index contributed by atoms with van der Waals surface area (Å²) in [5.41, 5.74) is 2.02. The standard InChI is InChI=1S/C20H23NO2S/c1-14-9-11-15(12-10-14)24(22)17-8-6-5-7-16(17)19-21-18(13-23-19)20(2,3)4/h5-12,18H,13H2,1-4H3/t18-,24+/m1/s1. The Morgan fingerprint density at radius 3 is 2.38 bits per heavy atom. The Morgan fingerprint density at radius 1 is 1.08 bits per heavy atom. The average Bonchev–Trinajstić information content (AvgIpc) is 3.05. The fourth-order valence-corrected chi connectivity index (χ4v) is 3.75. The number of nitrogens with zero attached hydrogens (tertiary/aromatic N) is 1. The first-order valence-electron chi connectivity index (χ1n) is 8.15. The van der Waals surface area contributed by atoms with Crippen LogP contribution in [0.2, 0.25) is 0 Å². The lowest BCUT2D eigenvalue weighted by Gasteiger charge is -2.21. The van der Waals surface area contributed by atoms with Crippen molar-refractivity contribution < 1.29 is 8.95 Å². The molecule has 3 rings (SSSR count). The fraction of sp³-hybridized carbons (Fsp3) is 0.350. The third-order valence-electron chi connectivity index (χ3n) is 4.20. The Bertz CT molecular complexity index is 788. The summed E-state index contributed by atoms with van der Waals surface area (Å²) in [5, 5.41) is 0. The highest BCUT2D eigenvalue weighted by atomic mass is 32.2. The van der Waals surface area contributed by atoms with Gasteiger partial charge >= 0.3 is 0 Å². The summed E-state index contributed by atoms with van der Waals surface area (Å²) < 4.78 is 18.9. The van der Waals surface area contributed by atoms with Gasteiger partial charge in [0.2, 0.25) is 5.90 Å². The first-order valence-corrected chi connectivity index (χ1v) is 9.29. The van der Waals surface area contributed by atoms with Crippen LogP contribution in [-0.2, 0) is 15.5 Å². The Morgan fingerprint density at radius 2 is 1.75 bits per heavy atom. The average molecular weight is 341 g/mol. The minimum atomic E-state index is -1.26. The second kappa shape index (κ2) is 6.52. The first kappa shape index (κ1) is 16.9. The van der Waals surface area contributed by atoms with Gasteiger partial charge in [0.25, 0.3) is 0 Å². The second-order valence-electron chi connectivity index (χ2n) is 7.21. The number of aliphatic imine (C=N–C) groups is 1.